The van der Waals surface area contributed by atoms with E-state index in [0.29, 0.717) is 36.0 Å². The zero-order chi connectivity index (χ0) is 24.0. The van der Waals surface area contributed by atoms with Crippen LogP contribution in [0, 0.1) is 0 Å². The number of amides is 1. The number of hydrogen-bond acceptors (Lipinski definition) is 6. The van der Waals surface area contributed by atoms with Gasteiger partial charge in [-0.15, -0.1) is 0 Å². The molecule has 0 unspecified atom stereocenters. The van der Waals surface area contributed by atoms with E-state index in [1.54, 1.807) is 53.6 Å². The van der Waals surface area contributed by atoms with Crippen molar-refractivity contribution < 1.29 is 17.9 Å². The van der Waals surface area contributed by atoms with Crippen molar-refractivity contribution in [2.75, 3.05) is 16.6 Å². The maximum Gasteiger partial charge on any atom is 0.261 e. The molecule has 0 aliphatic heterocycles. The highest BCUT2D eigenvalue weighted by Gasteiger charge is 2.16. The number of hydrogen-bond donors (Lipinski definition) is 2. The van der Waals surface area contributed by atoms with Gasteiger partial charge in [-0.05, 0) is 73.2 Å². The molecule has 0 saturated heterocycles. The molecule has 4 aromatic rings. The number of anilines is 2. The van der Waals surface area contributed by atoms with Crippen molar-refractivity contribution >= 4 is 27.4 Å². The molecule has 0 saturated carbocycles. The minimum absolute atomic E-state index is 0.0413. The van der Waals surface area contributed by atoms with Crippen molar-refractivity contribution in [3.63, 3.8) is 0 Å². The van der Waals surface area contributed by atoms with Crippen LogP contribution in [0.5, 0.6) is 5.75 Å². The molecule has 0 spiro atoms. The fourth-order valence-electron chi connectivity index (χ4n) is 3.17. The number of pyridine rings is 1. The predicted octanol–water partition coefficient (Wildman–Crippen LogP) is 3.78. The molecule has 2 aromatic heterocycles. The van der Waals surface area contributed by atoms with Crippen molar-refractivity contribution in [1.29, 1.82) is 0 Å². The minimum atomic E-state index is -3.81. The smallest absolute Gasteiger partial charge is 0.261 e. The average Bonchev–Trinajstić information content (AvgIpc) is 3.27. The number of nitrogens with one attached hydrogen (secondary N) is 2. The van der Waals surface area contributed by atoms with E-state index in [1.807, 2.05) is 19.1 Å². The maximum absolute atomic E-state index is 12.7. The van der Waals surface area contributed by atoms with Crippen LogP contribution in [0.1, 0.15) is 22.8 Å². The van der Waals surface area contributed by atoms with Gasteiger partial charge in [-0.2, -0.15) is 5.10 Å². The second-order valence-corrected chi connectivity index (χ2v) is 8.98. The van der Waals surface area contributed by atoms with Crippen LogP contribution in [0.3, 0.4) is 0 Å². The number of carbonyl (C=O) groups excluding carboxylic acids is 1. The zero-order valence-electron chi connectivity index (χ0n) is 18.4. The molecule has 2 heterocycles. The first kappa shape index (κ1) is 23.0. The lowest BCUT2D eigenvalue weighted by molar-refractivity contribution is 0.102. The second-order valence-electron chi connectivity index (χ2n) is 7.30. The lowest BCUT2D eigenvalue weighted by Gasteiger charge is -2.10. The summed E-state index contributed by atoms with van der Waals surface area (Å²) in [6.07, 6.45) is 5.18. The third-order valence-electron chi connectivity index (χ3n) is 4.82. The van der Waals surface area contributed by atoms with Crippen molar-refractivity contribution in [3.8, 4) is 5.75 Å². The highest BCUT2D eigenvalue weighted by Crippen LogP contribution is 2.20. The largest absolute Gasteiger partial charge is 0.494 e. The van der Waals surface area contributed by atoms with Gasteiger partial charge in [-0.3, -0.25) is 19.2 Å². The van der Waals surface area contributed by atoms with E-state index < -0.39 is 15.9 Å². The Labute approximate surface area is 197 Å². The van der Waals surface area contributed by atoms with Gasteiger partial charge in [0.25, 0.3) is 15.9 Å². The number of rotatable bonds is 9. The summed E-state index contributed by atoms with van der Waals surface area (Å²) in [5, 5.41) is 7.06. The Morgan fingerprint density at radius 3 is 2.35 bits per heavy atom. The number of nitrogens with zero attached hydrogens (tertiary/aromatic N) is 3. The van der Waals surface area contributed by atoms with Crippen LogP contribution in [0.2, 0.25) is 0 Å². The first-order chi connectivity index (χ1) is 16.4. The molecule has 0 bridgehead atoms. The van der Waals surface area contributed by atoms with Gasteiger partial charge in [0.05, 0.1) is 18.0 Å². The van der Waals surface area contributed by atoms with E-state index in [2.05, 4.69) is 20.1 Å². The molecule has 2 N–H and O–H groups in total. The summed E-state index contributed by atoms with van der Waals surface area (Å²) in [4.78, 5) is 16.6. The van der Waals surface area contributed by atoms with Crippen LogP contribution in [0.25, 0.3) is 0 Å². The summed E-state index contributed by atoms with van der Waals surface area (Å²) in [7, 11) is -3.81. The zero-order valence-corrected chi connectivity index (χ0v) is 19.2. The quantitative estimate of drug-likeness (QED) is 0.379. The molecule has 0 aliphatic rings. The molecule has 174 valence electrons. The second kappa shape index (κ2) is 10.2. The standard InChI is InChI=1S/C24H23N5O4S/c1-2-33-21-7-5-20(6-8-21)28-34(31,32)22-9-3-19(4-10-22)24(30)26-23-13-16-29(27-23)17-18-11-14-25-15-12-18/h3-16,28H,2,17H2,1H3,(H,26,27,30). The predicted molar refractivity (Wildman–Crippen MR) is 128 cm³/mol. The number of benzene rings is 2. The van der Waals surface area contributed by atoms with Crippen LogP contribution in [0.15, 0.2) is 90.2 Å². The summed E-state index contributed by atoms with van der Waals surface area (Å²) in [6, 6.07) is 17.8. The van der Waals surface area contributed by atoms with Crippen molar-refractivity contribution in [1.82, 2.24) is 14.8 Å². The van der Waals surface area contributed by atoms with Gasteiger partial charge in [0.2, 0.25) is 0 Å². The fourth-order valence-corrected chi connectivity index (χ4v) is 4.22. The highest BCUT2D eigenvalue weighted by molar-refractivity contribution is 7.92. The highest BCUT2D eigenvalue weighted by atomic mass is 32.2. The normalized spacial score (nSPS) is 11.1. The molecule has 9 nitrogen and oxygen atoms in total. The molecule has 2 aromatic carbocycles. The van der Waals surface area contributed by atoms with Crippen molar-refractivity contribution in [2.45, 2.75) is 18.4 Å². The molecule has 0 radical (unpaired) electrons. The Morgan fingerprint density at radius 1 is 0.971 bits per heavy atom. The van der Waals surface area contributed by atoms with Crippen molar-refractivity contribution in [3.05, 3.63) is 96.4 Å². The van der Waals surface area contributed by atoms with Gasteiger partial charge in [0.15, 0.2) is 5.82 Å². The van der Waals surface area contributed by atoms with Crippen LogP contribution in [-0.4, -0.2) is 35.7 Å². The lowest BCUT2D eigenvalue weighted by Crippen LogP contribution is -2.15. The van der Waals surface area contributed by atoms with Gasteiger partial charge in [-0.1, -0.05) is 0 Å². The maximum atomic E-state index is 12.7. The van der Waals surface area contributed by atoms with E-state index in [-0.39, 0.29) is 4.90 Å². The van der Waals surface area contributed by atoms with Gasteiger partial charge in [-0.25, -0.2) is 8.42 Å². The third-order valence-corrected chi connectivity index (χ3v) is 6.22. The van der Waals surface area contributed by atoms with Crippen LogP contribution in [0.4, 0.5) is 11.5 Å². The van der Waals surface area contributed by atoms with E-state index in [0.717, 1.165) is 5.56 Å². The third kappa shape index (κ3) is 5.78. The summed E-state index contributed by atoms with van der Waals surface area (Å²) in [5.74, 6) is 0.661. The van der Waals surface area contributed by atoms with E-state index >= 15 is 0 Å². The summed E-state index contributed by atoms with van der Waals surface area (Å²) in [5.41, 5.74) is 1.75. The van der Waals surface area contributed by atoms with Gasteiger partial charge in [0, 0.05) is 35.9 Å². The molecular formula is C24H23N5O4S. The Bertz CT molecular complexity index is 1350. The first-order valence-corrected chi connectivity index (χ1v) is 12.0. The van der Waals surface area contributed by atoms with E-state index in [4.69, 9.17) is 4.74 Å². The lowest BCUT2D eigenvalue weighted by atomic mass is 10.2. The van der Waals surface area contributed by atoms with E-state index in [1.165, 1.54) is 24.3 Å². The number of sulfonamides is 1. The average molecular weight is 478 g/mol. The minimum Gasteiger partial charge on any atom is -0.494 e. The first-order valence-electron chi connectivity index (χ1n) is 10.5. The van der Waals surface area contributed by atoms with Gasteiger partial charge < -0.3 is 10.1 Å². The SMILES string of the molecule is CCOc1ccc(NS(=O)(=O)c2ccc(C(=O)Nc3ccn(Cc4ccncc4)n3)cc2)cc1. The number of carbonyl (C=O) groups is 1. The molecule has 1 amide bonds. The van der Waals surface area contributed by atoms with Gasteiger partial charge in [0.1, 0.15) is 5.75 Å². The fraction of sp³-hybridized carbons (Fsp3) is 0.125. The topological polar surface area (TPSA) is 115 Å². The summed E-state index contributed by atoms with van der Waals surface area (Å²) < 4.78 is 34.9. The number of aromatic nitrogens is 3. The molecule has 10 heteroatoms. The Morgan fingerprint density at radius 2 is 1.68 bits per heavy atom. The van der Waals surface area contributed by atoms with Crippen LogP contribution in [-0.2, 0) is 16.6 Å². The van der Waals surface area contributed by atoms with Crippen molar-refractivity contribution in [2.24, 2.45) is 0 Å². The molecule has 0 aliphatic carbocycles. The Balaban J connectivity index is 1.38. The Hall–Kier alpha value is -4.18. The molecule has 4 rings (SSSR count). The molecule has 34 heavy (non-hydrogen) atoms. The Kier molecular flexibility index (Phi) is 6.88. The monoisotopic (exact) mass is 477 g/mol. The molecule has 0 atom stereocenters. The van der Waals surface area contributed by atoms with E-state index in [9.17, 15) is 13.2 Å². The molecular weight excluding hydrogens is 454 g/mol. The molecule has 0 fully saturated rings. The summed E-state index contributed by atoms with van der Waals surface area (Å²) in [6.45, 7) is 2.95. The van der Waals surface area contributed by atoms with Gasteiger partial charge >= 0.3 is 0 Å². The van der Waals surface area contributed by atoms with Crippen LogP contribution >= 0.6 is 0 Å². The number of ether oxygens (including phenoxy) is 1. The van der Waals surface area contributed by atoms with Crippen LogP contribution < -0.4 is 14.8 Å². The summed E-state index contributed by atoms with van der Waals surface area (Å²) >= 11 is 0.